The fraction of sp³-hybridized carbons (Fsp3) is 0.0714. The highest BCUT2D eigenvalue weighted by atomic mass is 35.5. The van der Waals surface area contributed by atoms with Gasteiger partial charge in [0, 0.05) is 10.7 Å². The zero-order chi connectivity index (χ0) is 13.8. The lowest BCUT2D eigenvalue weighted by atomic mass is 10.1. The van der Waals surface area contributed by atoms with Crippen LogP contribution in [0.5, 0.6) is 5.75 Å². The molecule has 0 aliphatic carbocycles. The number of phenols is 1. The Morgan fingerprint density at radius 1 is 1.26 bits per heavy atom. The number of nitrogens with zero attached hydrogens (tertiary/aromatic N) is 1. The predicted molar refractivity (Wildman–Crippen MR) is 71.5 cm³/mol. The van der Waals surface area contributed by atoms with E-state index in [2.05, 4.69) is 5.32 Å². The van der Waals surface area contributed by atoms with Crippen LogP contribution in [0, 0.1) is 17.1 Å². The van der Waals surface area contributed by atoms with Crippen molar-refractivity contribution in [1.82, 2.24) is 0 Å². The number of rotatable bonds is 3. The minimum atomic E-state index is -0.759. The Morgan fingerprint density at radius 2 is 2.05 bits per heavy atom. The van der Waals surface area contributed by atoms with Crippen molar-refractivity contribution in [2.24, 2.45) is 0 Å². The van der Waals surface area contributed by atoms with Crippen molar-refractivity contribution >= 4 is 17.3 Å². The molecule has 0 saturated carbocycles. The molecule has 0 bridgehead atoms. The van der Waals surface area contributed by atoms with Crippen LogP contribution in [-0.4, -0.2) is 5.11 Å². The number of nitriles is 1. The fourth-order valence-electron chi connectivity index (χ4n) is 1.64. The van der Waals surface area contributed by atoms with Crippen molar-refractivity contribution in [3.05, 3.63) is 58.9 Å². The topological polar surface area (TPSA) is 56.0 Å². The third kappa shape index (κ3) is 3.15. The van der Waals surface area contributed by atoms with Gasteiger partial charge in [0.25, 0.3) is 0 Å². The molecule has 96 valence electrons. The Morgan fingerprint density at radius 3 is 2.68 bits per heavy atom. The number of nitrogens with one attached hydrogen (secondary N) is 1. The lowest BCUT2D eigenvalue weighted by Gasteiger charge is -2.13. The molecule has 2 N–H and O–H groups in total. The van der Waals surface area contributed by atoms with Crippen molar-refractivity contribution in [3.8, 4) is 11.8 Å². The molecular weight excluding hydrogens is 267 g/mol. The Balaban J connectivity index is 2.25. The van der Waals surface area contributed by atoms with Gasteiger partial charge in [0.2, 0.25) is 0 Å². The van der Waals surface area contributed by atoms with Crippen LogP contribution in [0.15, 0.2) is 42.5 Å². The highest BCUT2D eigenvalue weighted by Gasteiger charge is 2.12. The molecule has 3 nitrogen and oxygen atoms in total. The number of hydrogen-bond acceptors (Lipinski definition) is 3. The molecule has 1 atom stereocenters. The lowest BCUT2D eigenvalue weighted by Crippen LogP contribution is -2.08. The maximum absolute atomic E-state index is 13.3. The summed E-state index contributed by atoms with van der Waals surface area (Å²) < 4.78 is 13.3. The average Bonchev–Trinajstić information content (AvgIpc) is 2.39. The molecule has 0 heterocycles. The van der Waals surface area contributed by atoms with E-state index in [1.165, 1.54) is 12.1 Å². The lowest BCUT2D eigenvalue weighted by molar-refractivity contribution is 0.431. The van der Waals surface area contributed by atoms with Gasteiger partial charge in [-0.2, -0.15) is 5.26 Å². The van der Waals surface area contributed by atoms with E-state index in [4.69, 9.17) is 22.0 Å². The van der Waals surface area contributed by atoms with Gasteiger partial charge in [0.15, 0.2) is 11.6 Å². The molecule has 2 aromatic carbocycles. The Bertz CT molecular complexity index is 640. The fourth-order valence-corrected chi connectivity index (χ4v) is 1.83. The summed E-state index contributed by atoms with van der Waals surface area (Å²) in [6, 6.07) is 12.0. The number of hydrogen-bond donors (Lipinski definition) is 2. The maximum Gasteiger partial charge on any atom is 0.165 e. The van der Waals surface area contributed by atoms with Crippen LogP contribution in [0.3, 0.4) is 0 Å². The van der Waals surface area contributed by atoms with Crippen molar-refractivity contribution in [1.29, 1.82) is 5.26 Å². The molecule has 0 radical (unpaired) electrons. The predicted octanol–water partition coefficient (Wildman–Crippen LogP) is 3.86. The summed E-state index contributed by atoms with van der Waals surface area (Å²) in [5, 5.41) is 21.7. The molecule has 2 rings (SSSR count). The summed E-state index contributed by atoms with van der Waals surface area (Å²) in [5.41, 5.74) is 1.09. The van der Waals surface area contributed by atoms with Gasteiger partial charge in [-0.25, -0.2) is 4.39 Å². The second kappa shape index (κ2) is 5.59. The molecule has 0 saturated heterocycles. The third-order valence-electron chi connectivity index (χ3n) is 2.57. The quantitative estimate of drug-likeness (QED) is 0.895. The summed E-state index contributed by atoms with van der Waals surface area (Å²) in [6.07, 6.45) is 0. The number of halogens is 2. The normalized spacial score (nSPS) is 11.6. The van der Waals surface area contributed by atoms with E-state index >= 15 is 0 Å². The van der Waals surface area contributed by atoms with Crippen LogP contribution in [-0.2, 0) is 0 Å². The van der Waals surface area contributed by atoms with Crippen LogP contribution in [0.4, 0.5) is 10.1 Å². The molecule has 0 aliphatic rings. The summed E-state index contributed by atoms with van der Waals surface area (Å²) in [6.45, 7) is 0. The molecule has 0 aliphatic heterocycles. The van der Waals surface area contributed by atoms with E-state index in [0.717, 1.165) is 6.07 Å². The van der Waals surface area contributed by atoms with Crippen LogP contribution < -0.4 is 5.32 Å². The zero-order valence-electron chi connectivity index (χ0n) is 9.77. The van der Waals surface area contributed by atoms with Crippen molar-refractivity contribution in [2.75, 3.05) is 5.32 Å². The first-order valence-corrected chi connectivity index (χ1v) is 5.88. The Labute approximate surface area is 114 Å². The van der Waals surface area contributed by atoms with Gasteiger partial charge in [0.1, 0.15) is 6.04 Å². The summed E-state index contributed by atoms with van der Waals surface area (Å²) in [5.74, 6) is -1.20. The zero-order valence-corrected chi connectivity index (χ0v) is 10.5. The van der Waals surface area contributed by atoms with Gasteiger partial charge in [0.05, 0.1) is 6.07 Å². The minimum absolute atomic E-state index is 0.428. The first-order chi connectivity index (χ1) is 9.10. The number of anilines is 1. The SMILES string of the molecule is N#CC(Nc1cccc(Cl)c1)c1ccc(O)c(F)c1. The van der Waals surface area contributed by atoms with Gasteiger partial charge >= 0.3 is 0 Å². The smallest absolute Gasteiger partial charge is 0.165 e. The second-order valence-electron chi connectivity index (χ2n) is 3.93. The van der Waals surface area contributed by atoms with Crippen LogP contribution in [0.25, 0.3) is 0 Å². The number of benzene rings is 2. The van der Waals surface area contributed by atoms with Crippen LogP contribution in [0.1, 0.15) is 11.6 Å². The third-order valence-corrected chi connectivity index (χ3v) is 2.80. The Hall–Kier alpha value is -2.25. The van der Waals surface area contributed by atoms with Crippen molar-refractivity contribution in [3.63, 3.8) is 0 Å². The van der Waals surface area contributed by atoms with Crippen LogP contribution >= 0.6 is 11.6 Å². The molecule has 0 aromatic heterocycles. The molecule has 2 aromatic rings. The molecular formula is C14H10ClFN2O. The monoisotopic (exact) mass is 276 g/mol. The van der Waals surface area contributed by atoms with E-state index in [9.17, 15) is 4.39 Å². The average molecular weight is 277 g/mol. The summed E-state index contributed by atoms with van der Waals surface area (Å²) in [7, 11) is 0. The van der Waals surface area contributed by atoms with E-state index in [1.54, 1.807) is 24.3 Å². The van der Waals surface area contributed by atoms with E-state index in [1.807, 2.05) is 6.07 Å². The first-order valence-electron chi connectivity index (χ1n) is 5.50. The van der Waals surface area contributed by atoms with Gasteiger partial charge in [-0.05, 0) is 35.9 Å². The van der Waals surface area contributed by atoms with Gasteiger partial charge < -0.3 is 10.4 Å². The molecule has 1 unspecified atom stereocenters. The van der Waals surface area contributed by atoms with Gasteiger partial charge in [-0.15, -0.1) is 0 Å². The standard InChI is InChI=1S/C14H10ClFN2O/c15-10-2-1-3-11(7-10)18-13(8-17)9-4-5-14(19)12(16)6-9/h1-7,13,18-19H. The first kappa shape index (κ1) is 13.2. The summed E-state index contributed by atoms with van der Waals surface area (Å²) in [4.78, 5) is 0. The summed E-state index contributed by atoms with van der Waals surface area (Å²) >= 11 is 5.85. The second-order valence-corrected chi connectivity index (χ2v) is 4.36. The van der Waals surface area contributed by atoms with E-state index in [0.29, 0.717) is 16.3 Å². The molecule has 0 spiro atoms. The minimum Gasteiger partial charge on any atom is -0.505 e. The highest BCUT2D eigenvalue weighted by molar-refractivity contribution is 6.30. The number of phenolic OH excluding ortho intramolecular Hbond substituents is 1. The largest absolute Gasteiger partial charge is 0.505 e. The molecule has 0 fully saturated rings. The molecule has 0 amide bonds. The Kier molecular flexibility index (Phi) is 3.88. The van der Waals surface area contributed by atoms with Crippen molar-refractivity contribution in [2.45, 2.75) is 6.04 Å². The van der Waals surface area contributed by atoms with E-state index < -0.39 is 17.6 Å². The van der Waals surface area contributed by atoms with Gasteiger partial charge in [-0.1, -0.05) is 23.7 Å². The highest BCUT2D eigenvalue weighted by Crippen LogP contribution is 2.24. The van der Waals surface area contributed by atoms with E-state index in [-0.39, 0.29) is 0 Å². The maximum atomic E-state index is 13.3. The molecule has 5 heteroatoms. The molecule has 19 heavy (non-hydrogen) atoms. The van der Waals surface area contributed by atoms with Crippen LogP contribution in [0.2, 0.25) is 5.02 Å². The number of aromatic hydroxyl groups is 1. The van der Waals surface area contributed by atoms with Gasteiger partial charge in [-0.3, -0.25) is 0 Å². The van der Waals surface area contributed by atoms with Crippen molar-refractivity contribution < 1.29 is 9.50 Å².